The molecule has 25 heavy (non-hydrogen) atoms. The molecule has 1 aliphatic rings. The van der Waals surface area contributed by atoms with Crippen molar-refractivity contribution in [2.24, 2.45) is 5.14 Å². The van der Waals surface area contributed by atoms with Gasteiger partial charge in [-0.25, -0.2) is 13.6 Å². The Morgan fingerprint density at radius 1 is 1.32 bits per heavy atom. The second kappa shape index (κ2) is 7.11. The number of hydrogen-bond acceptors (Lipinski definition) is 4. The summed E-state index contributed by atoms with van der Waals surface area (Å²) in [4.78, 5) is 15.6. The van der Waals surface area contributed by atoms with Gasteiger partial charge in [0.15, 0.2) is 0 Å². The molecule has 0 spiro atoms. The first-order valence-electron chi connectivity index (χ1n) is 7.62. The van der Waals surface area contributed by atoms with Crippen LogP contribution in [0.15, 0.2) is 56.7 Å². The number of thioether (sulfide) groups is 1. The summed E-state index contributed by atoms with van der Waals surface area (Å²) in [6, 6.07) is 12.4. The van der Waals surface area contributed by atoms with Crippen LogP contribution < -0.4 is 10.0 Å². The molecular formula is C17H17BrN2O3S2. The number of rotatable bonds is 4. The Labute approximate surface area is 159 Å². The number of halogens is 1. The molecule has 0 aliphatic carbocycles. The number of carbonyl (C=O) groups is 1. The fraction of sp³-hybridized carbons (Fsp3) is 0.235. The van der Waals surface area contributed by atoms with E-state index in [0.29, 0.717) is 12.2 Å². The van der Waals surface area contributed by atoms with Crippen LogP contribution in [-0.2, 0) is 21.2 Å². The van der Waals surface area contributed by atoms with Gasteiger partial charge in [0.25, 0.3) is 0 Å². The van der Waals surface area contributed by atoms with Gasteiger partial charge in [0.2, 0.25) is 15.9 Å². The van der Waals surface area contributed by atoms with Gasteiger partial charge in [-0.2, -0.15) is 0 Å². The predicted octanol–water partition coefficient (Wildman–Crippen LogP) is 3.17. The molecule has 5 nitrogen and oxygen atoms in total. The van der Waals surface area contributed by atoms with E-state index >= 15 is 0 Å². The minimum Gasteiger partial charge on any atom is -0.308 e. The van der Waals surface area contributed by atoms with Gasteiger partial charge in [0, 0.05) is 21.1 Å². The number of benzene rings is 2. The van der Waals surface area contributed by atoms with Crippen LogP contribution in [0, 0.1) is 0 Å². The van der Waals surface area contributed by atoms with Crippen molar-refractivity contribution >= 4 is 49.3 Å². The fourth-order valence-electron chi connectivity index (χ4n) is 2.94. The average molecular weight is 441 g/mol. The van der Waals surface area contributed by atoms with E-state index in [4.69, 9.17) is 5.14 Å². The number of carbonyl (C=O) groups excluding carboxylic acids is 1. The molecule has 0 radical (unpaired) electrons. The van der Waals surface area contributed by atoms with E-state index in [0.717, 1.165) is 20.6 Å². The number of nitrogens with zero attached hydrogens (tertiary/aromatic N) is 1. The smallest absolute Gasteiger partial charge is 0.238 e. The van der Waals surface area contributed by atoms with Crippen molar-refractivity contribution in [1.82, 2.24) is 0 Å². The van der Waals surface area contributed by atoms with Gasteiger partial charge >= 0.3 is 0 Å². The maximum Gasteiger partial charge on any atom is 0.238 e. The minimum atomic E-state index is -3.74. The number of primary sulfonamides is 1. The predicted molar refractivity (Wildman–Crippen MR) is 103 cm³/mol. The summed E-state index contributed by atoms with van der Waals surface area (Å²) < 4.78 is 24.0. The highest BCUT2D eigenvalue weighted by atomic mass is 79.9. The van der Waals surface area contributed by atoms with E-state index in [2.05, 4.69) is 15.9 Å². The lowest BCUT2D eigenvalue weighted by molar-refractivity contribution is -0.116. The second-order valence-electron chi connectivity index (χ2n) is 5.87. The van der Waals surface area contributed by atoms with Crippen molar-refractivity contribution in [2.75, 3.05) is 10.7 Å². The molecule has 0 saturated heterocycles. The maximum absolute atomic E-state index is 12.7. The minimum absolute atomic E-state index is 0.00430. The lowest BCUT2D eigenvalue weighted by Gasteiger charge is -2.22. The highest BCUT2D eigenvalue weighted by Gasteiger charge is 2.31. The van der Waals surface area contributed by atoms with E-state index in [1.807, 2.05) is 31.2 Å². The summed E-state index contributed by atoms with van der Waals surface area (Å²) in [6.45, 7) is 1.96. The molecule has 0 aromatic heterocycles. The van der Waals surface area contributed by atoms with Crippen LogP contribution in [0.4, 0.5) is 5.69 Å². The molecule has 2 aromatic carbocycles. The summed E-state index contributed by atoms with van der Waals surface area (Å²) in [5.41, 5.74) is 1.59. The summed E-state index contributed by atoms with van der Waals surface area (Å²) in [5, 5.41) is 5.19. The van der Waals surface area contributed by atoms with E-state index in [1.54, 1.807) is 17.0 Å². The van der Waals surface area contributed by atoms with Crippen LogP contribution in [-0.4, -0.2) is 26.1 Å². The SMILES string of the molecule is CC1Cc2cc(S(N)(=O)=O)ccc2N1C(=O)CSc1ccccc1Br. The van der Waals surface area contributed by atoms with Crippen molar-refractivity contribution in [2.45, 2.75) is 29.2 Å². The number of amides is 1. The highest BCUT2D eigenvalue weighted by molar-refractivity contribution is 9.10. The summed E-state index contributed by atoms with van der Waals surface area (Å²) in [6.07, 6.45) is 0.615. The van der Waals surface area contributed by atoms with Crippen molar-refractivity contribution in [3.8, 4) is 0 Å². The van der Waals surface area contributed by atoms with E-state index < -0.39 is 10.0 Å². The molecule has 0 fully saturated rings. The zero-order valence-electron chi connectivity index (χ0n) is 13.5. The van der Waals surface area contributed by atoms with Crippen LogP contribution in [0.2, 0.25) is 0 Å². The molecule has 2 aromatic rings. The van der Waals surface area contributed by atoms with E-state index in [-0.39, 0.29) is 16.8 Å². The zero-order valence-corrected chi connectivity index (χ0v) is 16.7. The van der Waals surface area contributed by atoms with Crippen LogP contribution >= 0.6 is 27.7 Å². The molecule has 0 bridgehead atoms. The second-order valence-corrected chi connectivity index (χ2v) is 9.30. The number of fused-ring (bicyclic) bond motifs is 1. The van der Waals surface area contributed by atoms with Crippen LogP contribution in [0.5, 0.6) is 0 Å². The van der Waals surface area contributed by atoms with Gasteiger partial charge in [0.1, 0.15) is 0 Å². The van der Waals surface area contributed by atoms with Crippen molar-refractivity contribution < 1.29 is 13.2 Å². The van der Waals surface area contributed by atoms with Crippen molar-refractivity contribution in [1.29, 1.82) is 0 Å². The third-order valence-electron chi connectivity index (χ3n) is 4.05. The normalized spacial score (nSPS) is 16.8. The molecule has 3 rings (SSSR count). The Bertz CT molecular complexity index is 931. The third kappa shape index (κ3) is 3.92. The Balaban J connectivity index is 1.80. The summed E-state index contributed by atoms with van der Waals surface area (Å²) in [5.74, 6) is 0.305. The van der Waals surface area contributed by atoms with Gasteiger partial charge in [0.05, 0.1) is 10.6 Å². The molecule has 8 heteroatoms. The molecule has 1 atom stereocenters. The topological polar surface area (TPSA) is 80.5 Å². The Morgan fingerprint density at radius 2 is 2.04 bits per heavy atom. The van der Waals surface area contributed by atoms with E-state index in [9.17, 15) is 13.2 Å². The number of nitrogens with two attached hydrogens (primary N) is 1. The maximum atomic E-state index is 12.7. The molecule has 132 valence electrons. The zero-order chi connectivity index (χ0) is 18.2. The Hall–Kier alpha value is -1.35. The lowest BCUT2D eigenvalue weighted by atomic mass is 10.1. The quantitative estimate of drug-likeness (QED) is 0.740. The molecule has 0 saturated carbocycles. The average Bonchev–Trinajstić information content (AvgIpc) is 2.88. The monoisotopic (exact) mass is 440 g/mol. The van der Waals surface area contributed by atoms with Crippen LogP contribution in [0.3, 0.4) is 0 Å². The summed E-state index contributed by atoms with van der Waals surface area (Å²) in [7, 11) is -3.74. The molecule has 1 unspecified atom stereocenters. The van der Waals surface area contributed by atoms with Crippen LogP contribution in [0.25, 0.3) is 0 Å². The van der Waals surface area contributed by atoms with Gasteiger partial charge in [-0.05, 0) is 65.2 Å². The standard InChI is InChI=1S/C17H17BrN2O3S2/c1-11-8-12-9-13(25(19,22)23)6-7-15(12)20(11)17(21)10-24-16-5-3-2-4-14(16)18/h2-7,9,11H,8,10H2,1H3,(H2,19,22,23). The lowest BCUT2D eigenvalue weighted by Crippen LogP contribution is -2.36. The molecule has 1 heterocycles. The first-order chi connectivity index (χ1) is 11.8. The van der Waals surface area contributed by atoms with Crippen molar-refractivity contribution in [3.63, 3.8) is 0 Å². The van der Waals surface area contributed by atoms with E-state index in [1.165, 1.54) is 17.8 Å². The van der Waals surface area contributed by atoms with Gasteiger partial charge in [-0.3, -0.25) is 4.79 Å². The fourth-order valence-corrected chi connectivity index (χ4v) is 4.93. The first-order valence-corrected chi connectivity index (χ1v) is 10.9. The summed E-state index contributed by atoms with van der Waals surface area (Å²) >= 11 is 4.95. The number of anilines is 1. The Kier molecular flexibility index (Phi) is 5.24. The number of hydrogen-bond donors (Lipinski definition) is 1. The largest absolute Gasteiger partial charge is 0.308 e. The Morgan fingerprint density at radius 3 is 2.72 bits per heavy atom. The molecule has 2 N–H and O–H groups in total. The van der Waals surface area contributed by atoms with Crippen LogP contribution in [0.1, 0.15) is 12.5 Å². The first kappa shape index (κ1) is 18.4. The van der Waals surface area contributed by atoms with Gasteiger partial charge < -0.3 is 4.90 Å². The van der Waals surface area contributed by atoms with Gasteiger partial charge in [-0.1, -0.05) is 12.1 Å². The highest BCUT2D eigenvalue weighted by Crippen LogP contribution is 2.35. The number of sulfonamides is 1. The molecule has 1 aliphatic heterocycles. The third-order valence-corrected chi connectivity index (χ3v) is 6.97. The molecular weight excluding hydrogens is 424 g/mol. The van der Waals surface area contributed by atoms with Crippen molar-refractivity contribution in [3.05, 3.63) is 52.5 Å². The van der Waals surface area contributed by atoms with Gasteiger partial charge in [-0.15, -0.1) is 11.8 Å². The molecule has 1 amide bonds.